The van der Waals surface area contributed by atoms with Crippen molar-refractivity contribution in [3.8, 4) is 11.3 Å². The Labute approximate surface area is 261 Å². The molecule has 0 bridgehead atoms. The number of hydrogen-bond acceptors (Lipinski definition) is 4. The van der Waals surface area contributed by atoms with Gasteiger partial charge in [0.2, 0.25) is 5.91 Å². The number of benzene rings is 4. The molecule has 0 saturated carbocycles. The van der Waals surface area contributed by atoms with E-state index in [0.717, 1.165) is 52.7 Å². The Kier molecular flexibility index (Phi) is 6.57. The summed E-state index contributed by atoms with van der Waals surface area (Å²) in [6.07, 6.45) is 4.49. The van der Waals surface area contributed by atoms with Crippen molar-refractivity contribution in [2.75, 3.05) is 24.5 Å². The van der Waals surface area contributed by atoms with Crippen LogP contribution >= 0.6 is 0 Å². The van der Waals surface area contributed by atoms with Gasteiger partial charge in [0, 0.05) is 35.9 Å². The zero-order valence-electron chi connectivity index (χ0n) is 24.7. The Morgan fingerprint density at radius 2 is 1.44 bits per heavy atom. The fraction of sp³-hybridized carbons (Fsp3) is 0.184. The van der Waals surface area contributed by atoms with Gasteiger partial charge in [0.05, 0.1) is 17.1 Å². The second-order valence-corrected chi connectivity index (χ2v) is 12.0. The molecule has 1 spiro atoms. The highest BCUT2D eigenvalue weighted by Crippen LogP contribution is 2.46. The summed E-state index contributed by atoms with van der Waals surface area (Å²) in [6.45, 7) is 2.22. The molecule has 1 amide bonds. The Balaban J connectivity index is 1.44. The van der Waals surface area contributed by atoms with Crippen LogP contribution in [0, 0.1) is 11.2 Å². The fourth-order valence-corrected chi connectivity index (χ4v) is 7.41. The number of fused-ring (bicyclic) bond motifs is 1. The number of aromatic nitrogens is 3. The summed E-state index contributed by atoms with van der Waals surface area (Å²) in [4.78, 5) is 19.7. The Morgan fingerprint density at radius 3 is 2.02 bits per heavy atom. The Morgan fingerprint density at radius 1 is 0.800 bits per heavy atom. The number of pyridine rings is 1. The minimum atomic E-state index is -0.895. The lowest BCUT2D eigenvalue weighted by molar-refractivity contribution is -0.124. The van der Waals surface area contributed by atoms with Gasteiger partial charge in [0.15, 0.2) is 5.82 Å². The van der Waals surface area contributed by atoms with Crippen LogP contribution in [-0.2, 0) is 10.3 Å². The van der Waals surface area contributed by atoms with E-state index in [1.807, 2.05) is 82.4 Å². The van der Waals surface area contributed by atoms with E-state index in [1.54, 1.807) is 12.3 Å². The van der Waals surface area contributed by atoms with Gasteiger partial charge in [-0.25, -0.2) is 9.07 Å². The van der Waals surface area contributed by atoms with Gasteiger partial charge in [-0.1, -0.05) is 91.0 Å². The van der Waals surface area contributed by atoms with Gasteiger partial charge < -0.3 is 10.2 Å². The van der Waals surface area contributed by atoms with Crippen molar-refractivity contribution in [3.05, 3.63) is 150 Å². The lowest BCUT2D eigenvalue weighted by Gasteiger charge is -2.37. The highest BCUT2D eigenvalue weighted by Gasteiger charge is 2.49. The second kappa shape index (κ2) is 10.8. The van der Waals surface area contributed by atoms with Crippen molar-refractivity contribution in [2.24, 2.45) is 5.41 Å². The van der Waals surface area contributed by atoms with Gasteiger partial charge in [0.1, 0.15) is 11.2 Å². The summed E-state index contributed by atoms with van der Waals surface area (Å²) < 4.78 is 17.6. The molecular formula is C38H32FN5O. The molecule has 1 atom stereocenters. The number of amides is 1. The first-order valence-electron chi connectivity index (χ1n) is 15.4. The first-order valence-corrected chi connectivity index (χ1v) is 15.4. The van der Waals surface area contributed by atoms with E-state index in [2.05, 4.69) is 46.7 Å². The third kappa shape index (κ3) is 4.22. The smallest absolute Gasteiger partial charge is 0.234 e. The van der Waals surface area contributed by atoms with E-state index in [0.29, 0.717) is 24.3 Å². The molecule has 2 aliphatic heterocycles. The molecular weight excluding hydrogens is 561 g/mol. The van der Waals surface area contributed by atoms with Crippen molar-refractivity contribution in [2.45, 2.75) is 18.4 Å². The molecule has 4 aromatic carbocycles. The van der Waals surface area contributed by atoms with Crippen molar-refractivity contribution in [3.63, 3.8) is 0 Å². The molecule has 1 unspecified atom stereocenters. The molecule has 2 aliphatic rings. The van der Waals surface area contributed by atoms with Crippen LogP contribution in [0.25, 0.3) is 22.2 Å². The van der Waals surface area contributed by atoms with Gasteiger partial charge in [-0.15, -0.1) is 0 Å². The number of halogens is 1. The maximum absolute atomic E-state index is 15.6. The summed E-state index contributed by atoms with van der Waals surface area (Å²) >= 11 is 0. The molecule has 222 valence electrons. The van der Waals surface area contributed by atoms with Crippen LogP contribution in [0.5, 0.6) is 0 Å². The molecule has 6 nitrogen and oxygen atoms in total. The third-order valence-corrected chi connectivity index (χ3v) is 9.65. The highest BCUT2D eigenvalue weighted by molar-refractivity contribution is 6.03. The van der Waals surface area contributed by atoms with Crippen molar-refractivity contribution >= 4 is 22.5 Å². The van der Waals surface area contributed by atoms with Crippen LogP contribution in [-0.4, -0.2) is 40.3 Å². The molecule has 2 saturated heterocycles. The third-order valence-electron chi connectivity index (χ3n) is 9.65. The number of nitrogens with one attached hydrogen (secondary N) is 1. The topological polar surface area (TPSA) is 63.1 Å². The van der Waals surface area contributed by atoms with E-state index in [9.17, 15) is 4.79 Å². The average molecular weight is 594 g/mol. The van der Waals surface area contributed by atoms with E-state index < -0.39 is 11.4 Å². The molecule has 7 heteroatoms. The Bertz CT molecular complexity index is 1910. The number of carbonyl (C=O) groups is 1. The second-order valence-electron chi connectivity index (χ2n) is 12.0. The number of rotatable bonds is 6. The van der Waals surface area contributed by atoms with E-state index in [1.165, 1.54) is 6.20 Å². The molecule has 2 aromatic heterocycles. The molecule has 1 N–H and O–H groups in total. The molecule has 2 fully saturated rings. The summed E-state index contributed by atoms with van der Waals surface area (Å²) in [5, 5.41) is 9.46. The standard InChI is InChI=1S/C38H32FN5O/c39-33-25-40-21-18-31(33)35-32-24-30(43-23-20-37(36(43)45)19-22-41-26-37)16-17-34(32)44(42-35)38(27-10-4-1-5-11-27,28-12-6-2-7-13-28)29-14-8-3-9-15-29/h1-18,21,24-25,41H,19-20,22-23,26H2. The monoisotopic (exact) mass is 593 g/mol. The number of carbonyl (C=O) groups excluding carboxylic acids is 1. The van der Waals surface area contributed by atoms with Crippen LogP contribution in [0.4, 0.5) is 10.1 Å². The van der Waals surface area contributed by atoms with Crippen molar-refractivity contribution in [1.29, 1.82) is 0 Å². The maximum atomic E-state index is 15.6. The lowest BCUT2D eigenvalue weighted by Crippen LogP contribution is -2.38. The number of anilines is 1. The molecule has 6 aromatic rings. The van der Waals surface area contributed by atoms with Crippen molar-refractivity contribution in [1.82, 2.24) is 20.1 Å². The van der Waals surface area contributed by atoms with E-state index in [4.69, 9.17) is 5.10 Å². The minimum Gasteiger partial charge on any atom is -0.316 e. The maximum Gasteiger partial charge on any atom is 0.234 e. The minimum absolute atomic E-state index is 0.156. The van der Waals surface area contributed by atoms with Crippen LogP contribution in [0.3, 0.4) is 0 Å². The zero-order chi connectivity index (χ0) is 30.4. The first-order chi connectivity index (χ1) is 22.1. The highest BCUT2D eigenvalue weighted by atomic mass is 19.1. The summed E-state index contributed by atoms with van der Waals surface area (Å²) in [7, 11) is 0. The van der Waals surface area contributed by atoms with Crippen LogP contribution in [0.1, 0.15) is 29.5 Å². The number of hydrogen-bond donors (Lipinski definition) is 1. The van der Waals surface area contributed by atoms with E-state index >= 15 is 4.39 Å². The zero-order valence-corrected chi connectivity index (χ0v) is 24.7. The van der Waals surface area contributed by atoms with E-state index in [-0.39, 0.29) is 11.3 Å². The summed E-state index contributed by atoms with van der Waals surface area (Å²) in [5.41, 5.74) is 4.30. The predicted octanol–water partition coefficient (Wildman–Crippen LogP) is 6.79. The van der Waals surface area contributed by atoms with Crippen LogP contribution in [0.15, 0.2) is 128 Å². The van der Waals surface area contributed by atoms with Gasteiger partial charge >= 0.3 is 0 Å². The summed E-state index contributed by atoms with van der Waals surface area (Å²) in [5.74, 6) is -0.296. The molecule has 0 aliphatic carbocycles. The molecule has 4 heterocycles. The Hall–Kier alpha value is -5.14. The SMILES string of the molecule is O=C1N(c2ccc3c(c2)c(-c2ccncc2F)nn3C(c2ccccc2)(c2ccccc2)c2ccccc2)CCC12CCNC2. The fourth-order valence-electron chi connectivity index (χ4n) is 7.41. The number of nitrogens with zero attached hydrogens (tertiary/aromatic N) is 4. The molecule has 0 radical (unpaired) electrons. The summed E-state index contributed by atoms with van der Waals surface area (Å²) in [6, 6.07) is 38.7. The molecule has 8 rings (SSSR count). The largest absolute Gasteiger partial charge is 0.316 e. The van der Waals surface area contributed by atoms with Gasteiger partial charge in [-0.2, -0.15) is 5.10 Å². The first kappa shape index (κ1) is 27.4. The lowest BCUT2D eigenvalue weighted by atomic mass is 9.77. The average Bonchev–Trinajstić information content (AvgIpc) is 3.81. The van der Waals surface area contributed by atoms with Crippen molar-refractivity contribution < 1.29 is 9.18 Å². The predicted molar refractivity (Wildman–Crippen MR) is 174 cm³/mol. The van der Waals surface area contributed by atoms with Gasteiger partial charge in [-0.05, 0) is 60.3 Å². The van der Waals surface area contributed by atoms with Gasteiger partial charge in [-0.3, -0.25) is 9.78 Å². The van der Waals surface area contributed by atoms with Gasteiger partial charge in [0.25, 0.3) is 0 Å². The quantitative estimate of drug-likeness (QED) is 0.216. The van der Waals surface area contributed by atoms with Crippen LogP contribution in [0.2, 0.25) is 0 Å². The molecule has 45 heavy (non-hydrogen) atoms. The normalized spacial score (nSPS) is 18.3. The van der Waals surface area contributed by atoms with Crippen LogP contribution < -0.4 is 10.2 Å².